The van der Waals surface area contributed by atoms with Crippen LogP contribution < -0.4 is 10.1 Å². The van der Waals surface area contributed by atoms with Gasteiger partial charge in [-0.05, 0) is 30.3 Å². The Bertz CT molecular complexity index is 620. The Morgan fingerprint density at radius 2 is 2.05 bits per heavy atom. The van der Waals surface area contributed by atoms with E-state index in [1.807, 2.05) is 0 Å². The number of para-hydroxylation sites is 1. The van der Waals surface area contributed by atoms with Gasteiger partial charge in [0.05, 0.1) is 24.4 Å². The van der Waals surface area contributed by atoms with E-state index < -0.39 is 0 Å². The number of nitriles is 1. The van der Waals surface area contributed by atoms with Gasteiger partial charge in [-0.3, -0.25) is 0 Å². The van der Waals surface area contributed by atoms with Gasteiger partial charge in [-0.25, -0.2) is 4.39 Å². The Morgan fingerprint density at radius 1 is 1.26 bits per heavy atom. The van der Waals surface area contributed by atoms with Crippen molar-refractivity contribution in [3.63, 3.8) is 0 Å². The van der Waals surface area contributed by atoms with Crippen molar-refractivity contribution in [2.24, 2.45) is 0 Å². The lowest BCUT2D eigenvalue weighted by molar-refractivity contribution is 0.410. The fraction of sp³-hybridized carbons (Fsp3) is 0.133. The summed E-state index contributed by atoms with van der Waals surface area (Å²) in [5.41, 5.74) is 1.78. The molecule has 3 nitrogen and oxygen atoms in total. The third kappa shape index (κ3) is 3.02. The number of halogens is 1. The molecular weight excluding hydrogens is 243 g/mol. The van der Waals surface area contributed by atoms with Gasteiger partial charge in [0.1, 0.15) is 11.6 Å². The van der Waals surface area contributed by atoms with Gasteiger partial charge >= 0.3 is 0 Å². The number of hydrogen-bond donors (Lipinski definition) is 1. The highest BCUT2D eigenvalue weighted by Crippen LogP contribution is 2.21. The predicted molar refractivity (Wildman–Crippen MR) is 71.4 cm³/mol. The van der Waals surface area contributed by atoms with Crippen LogP contribution in [0.4, 0.5) is 10.1 Å². The largest absolute Gasteiger partial charge is 0.496 e. The summed E-state index contributed by atoms with van der Waals surface area (Å²) in [7, 11) is 1.56. The summed E-state index contributed by atoms with van der Waals surface area (Å²) in [6.45, 7) is 0.389. The van der Waals surface area contributed by atoms with Crippen LogP contribution in [0.25, 0.3) is 0 Å². The molecule has 0 atom stereocenters. The van der Waals surface area contributed by atoms with Crippen molar-refractivity contribution >= 4 is 5.69 Å². The van der Waals surface area contributed by atoms with Crippen molar-refractivity contribution in [3.05, 3.63) is 59.4 Å². The van der Waals surface area contributed by atoms with Gasteiger partial charge in [0.25, 0.3) is 0 Å². The van der Waals surface area contributed by atoms with Crippen molar-refractivity contribution in [2.45, 2.75) is 6.54 Å². The molecule has 0 fully saturated rings. The molecule has 0 heterocycles. The lowest BCUT2D eigenvalue weighted by atomic mass is 10.1. The van der Waals surface area contributed by atoms with Gasteiger partial charge in [-0.1, -0.05) is 12.1 Å². The van der Waals surface area contributed by atoms with E-state index in [2.05, 4.69) is 11.4 Å². The fourth-order valence-corrected chi connectivity index (χ4v) is 1.78. The first-order chi connectivity index (χ1) is 9.24. The number of nitrogens with zero attached hydrogens (tertiary/aromatic N) is 1. The molecule has 19 heavy (non-hydrogen) atoms. The molecule has 0 aliphatic heterocycles. The Hall–Kier alpha value is -2.54. The first-order valence-electron chi connectivity index (χ1n) is 5.80. The Labute approximate surface area is 111 Å². The first kappa shape index (κ1) is 12.9. The molecule has 96 valence electrons. The second-order valence-corrected chi connectivity index (χ2v) is 3.97. The number of hydrogen-bond acceptors (Lipinski definition) is 3. The first-order valence-corrected chi connectivity index (χ1v) is 5.80. The zero-order chi connectivity index (χ0) is 13.7. The van der Waals surface area contributed by atoms with Crippen LogP contribution >= 0.6 is 0 Å². The predicted octanol–water partition coefficient (Wildman–Crippen LogP) is 3.32. The van der Waals surface area contributed by atoms with Crippen LogP contribution in [0.5, 0.6) is 5.75 Å². The van der Waals surface area contributed by atoms with Crippen LogP contribution in [0.2, 0.25) is 0 Å². The molecule has 2 aromatic carbocycles. The van der Waals surface area contributed by atoms with Crippen LogP contribution in [0.15, 0.2) is 42.5 Å². The molecule has 4 heteroatoms. The maximum absolute atomic E-state index is 13.5. The minimum atomic E-state index is -0.307. The highest BCUT2D eigenvalue weighted by atomic mass is 19.1. The molecular formula is C15H13FN2O. The maximum atomic E-state index is 13.5. The zero-order valence-corrected chi connectivity index (χ0v) is 10.5. The number of benzene rings is 2. The Morgan fingerprint density at radius 3 is 2.74 bits per heavy atom. The summed E-state index contributed by atoms with van der Waals surface area (Å²) in [6.07, 6.45) is 0. The van der Waals surface area contributed by atoms with E-state index in [1.165, 1.54) is 6.07 Å². The van der Waals surface area contributed by atoms with Crippen LogP contribution in [0.1, 0.15) is 11.1 Å². The highest BCUT2D eigenvalue weighted by Gasteiger charge is 2.06. The van der Waals surface area contributed by atoms with Crippen LogP contribution in [0.3, 0.4) is 0 Å². The van der Waals surface area contributed by atoms with E-state index in [-0.39, 0.29) is 5.82 Å². The van der Waals surface area contributed by atoms with Crippen molar-refractivity contribution in [1.29, 1.82) is 5.26 Å². The number of methoxy groups -OCH3 is 1. The molecule has 2 rings (SSSR count). The fourth-order valence-electron chi connectivity index (χ4n) is 1.78. The molecule has 0 saturated carbocycles. The zero-order valence-electron chi connectivity index (χ0n) is 10.5. The van der Waals surface area contributed by atoms with Crippen molar-refractivity contribution in [2.75, 3.05) is 12.4 Å². The number of rotatable bonds is 4. The van der Waals surface area contributed by atoms with Crippen molar-refractivity contribution in [1.82, 2.24) is 0 Å². The maximum Gasteiger partial charge on any atom is 0.146 e. The standard InChI is InChI=1S/C15H13FN2O/c1-19-15-7-6-11(9-17)8-12(15)10-18-14-5-3-2-4-13(14)16/h2-8,18H,10H2,1H3. The summed E-state index contributed by atoms with van der Waals surface area (Å²) in [5, 5.41) is 11.9. The minimum absolute atomic E-state index is 0.307. The van der Waals surface area contributed by atoms with Gasteiger partial charge in [-0.2, -0.15) is 5.26 Å². The summed E-state index contributed by atoms with van der Waals surface area (Å²) in [4.78, 5) is 0. The molecule has 0 aliphatic rings. The molecule has 0 radical (unpaired) electrons. The molecule has 0 saturated heterocycles. The molecule has 0 unspecified atom stereocenters. The van der Waals surface area contributed by atoms with Gasteiger partial charge in [0, 0.05) is 12.1 Å². The topological polar surface area (TPSA) is 45.0 Å². The molecule has 0 bridgehead atoms. The molecule has 2 aromatic rings. The van der Waals surface area contributed by atoms with Crippen LogP contribution in [0, 0.1) is 17.1 Å². The molecule has 1 N–H and O–H groups in total. The van der Waals surface area contributed by atoms with E-state index in [4.69, 9.17) is 10.00 Å². The quantitative estimate of drug-likeness (QED) is 0.912. The van der Waals surface area contributed by atoms with E-state index in [9.17, 15) is 4.39 Å². The minimum Gasteiger partial charge on any atom is -0.496 e. The smallest absolute Gasteiger partial charge is 0.146 e. The molecule has 0 aliphatic carbocycles. The lowest BCUT2D eigenvalue weighted by Crippen LogP contribution is -2.03. The van der Waals surface area contributed by atoms with Crippen LogP contribution in [-0.2, 0) is 6.54 Å². The highest BCUT2D eigenvalue weighted by molar-refractivity contribution is 5.48. The monoisotopic (exact) mass is 256 g/mol. The molecule has 0 aromatic heterocycles. The van der Waals surface area contributed by atoms with E-state index in [0.717, 1.165) is 5.56 Å². The van der Waals surface area contributed by atoms with Gasteiger partial charge in [0.2, 0.25) is 0 Å². The normalized spacial score (nSPS) is 9.74. The van der Waals surface area contributed by atoms with Gasteiger partial charge in [-0.15, -0.1) is 0 Å². The van der Waals surface area contributed by atoms with Gasteiger partial charge < -0.3 is 10.1 Å². The SMILES string of the molecule is COc1ccc(C#N)cc1CNc1ccccc1F. The Kier molecular flexibility index (Phi) is 3.99. The summed E-state index contributed by atoms with van der Waals surface area (Å²) in [6, 6.07) is 13.7. The summed E-state index contributed by atoms with van der Waals surface area (Å²) >= 11 is 0. The average Bonchev–Trinajstić information content (AvgIpc) is 2.46. The van der Waals surface area contributed by atoms with Gasteiger partial charge in [0.15, 0.2) is 0 Å². The number of anilines is 1. The van der Waals surface area contributed by atoms with Crippen molar-refractivity contribution < 1.29 is 9.13 Å². The average molecular weight is 256 g/mol. The van der Waals surface area contributed by atoms with Crippen LogP contribution in [-0.4, -0.2) is 7.11 Å². The van der Waals surface area contributed by atoms with E-state index in [0.29, 0.717) is 23.5 Å². The van der Waals surface area contributed by atoms with E-state index in [1.54, 1.807) is 43.5 Å². The lowest BCUT2D eigenvalue weighted by Gasteiger charge is -2.11. The molecule has 0 amide bonds. The number of ether oxygens (including phenoxy) is 1. The summed E-state index contributed by atoms with van der Waals surface area (Å²) < 4.78 is 18.7. The summed E-state index contributed by atoms with van der Waals surface area (Å²) in [5.74, 6) is 0.362. The third-order valence-corrected chi connectivity index (χ3v) is 2.75. The molecule has 0 spiro atoms. The second-order valence-electron chi connectivity index (χ2n) is 3.97. The van der Waals surface area contributed by atoms with Crippen molar-refractivity contribution in [3.8, 4) is 11.8 Å². The van der Waals surface area contributed by atoms with E-state index >= 15 is 0 Å². The third-order valence-electron chi connectivity index (χ3n) is 2.75. The Balaban J connectivity index is 2.19. The number of nitrogens with one attached hydrogen (secondary N) is 1. The second kappa shape index (κ2) is 5.87.